The average molecular weight is 205 g/mol. The van der Waals surface area contributed by atoms with Crippen molar-refractivity contribution >= 4 is 10.4 Å². The summed E-state index contributed by atoms with van der Waals surface area (Å²) in [5, 5.41) is 3.87. The lowest BCUT2D eigenvalue weighted by Gasteiger charge is -2.12. The van der Waals surface area contributed by atoms with Crippen molar-refractivity contribution in [2.45, 2.75) is 26.5 Å². The summed E-state index contributed by atoms with van der Waals surface area (Å²) in [6.07, 6.45) is 0.177. The van der Waals surface area contributed by atoms with Gasteiger partial charge in [0.1, 0.15) is 5.75 Å². The van der Waals surface area contributed by atoms with E-state index in [-0.39, 0.29) is 6.10 Å². The van der Waals surface area contributed by atoms with Crippen LogP contribution in [-0.4, -0.2) is 16.5 Å². The lowest BCUT2D eigenvalue weighted by molar-refractivity contribution is 0.240. The zero-order chi connectivity index (χ0) is 10.4. The Morgan fingerprint density at radius 3 is 2.71 bits per heavy atom. The van der Waals surface area contributed by atoms with Crippen LogP contribution in [0, 0.1) is 0 Å². The molecule has 1 aromatic carbocycles. The summed E-state index contributed by atoms with van der Waals surface area (Å²) in [4.78, 5) is 0. The fourth-order valence-electron chi connectivity index (χ4n) is 1.11. The van der Waals surface area contributed by atoms with Gasteiger partial charge in [0.25, 0.3) is 10.4 Å². The van der Waals surface area contributed by atoms with E-state index in [0.717, 1.165) is 11.3 Å². The molecule has 3 radical (unpaired) electrons. The van der Waals surface area contributed by atoms with E-state index in [1.165, 1.54) is 0 Å². The van der Waals surface area contributed by atoms with E-state index in [9.17, 15) is 0 Å². The maximum Gasteiger partial charge on any atom is 0.254 e. The van der Waals surface area contributed by atoms with Crippen molar-refractivity contribution in [2.24, 2.45) is 9.89 Å². The number of hydrogen-bond donors (Lipinski definition) is 0. The monoisotopic (exact) mass is 205 g/mol. The van der Waals surface area contributed by atoms with Gasteiger partial charge in [0.15, 0.2) is 0 Å². The summed E-state index contributed by atoms with van der Waals surface area (Å²) in [7, 11) is 2.95. The minimum atomic E-state index is 0.177. The molecule has 4 heteroatoms. The maximum atomic E-state index is 5.62. The molecule has 0 aromatic heterocycles. The molecular formula is C10H13N2OSi. The molecule has 1 rings (SSSR count). The second-order valence-electron chi connectivity index (χ2n) is 3.17. The molecule has 0 heterocycles. The molecule has 0 atom stereocenters. The third kappa shape index (κ3) is 3.30. The summed E-state index contributed by atoms with van der Waals surface area (Å²) >= 11 is 0. The molecule has 0 aliphatic carbocycles. The molecule has 0 amide bonds. The number of nitrogens with zero attached hydrogens (tertiary/aromatic N) is 2. The molecular weight excluding hydrogens is 192 g/mol. The smallest absolute Gasteiger partial charge is 0.254 e. The first-order valence-corrected chi connectivity index (χ1v) is 4.96. The normalized spacial score (nSPS) is 11.1. The summed E-state index contributed by atoms with van der Waals surface area (Å²) in [5.41, 5.74) is 1.04. The minimum Gasteiger partial charge on any atom is -0.491 e. The Morgan fingerprint density at radius 2 is 2.07 bits per heavy atom. The Bertz CT molecular complexity index is 313. The highest BCUT2D eigenvalue weighted by molar-refractivity contribution is 6.04. The molecule has 1 aromatic rings. The number of benzene rings is 1. The van der Waals surface area contributed by atoms with Gasteiger partial charge in [-0.15, -0.1) is 0 Å². The van der Waals surface area contributed by atoms with E-state index in [4.69, 9.17) is 4.74 Å². The Hall–Kier alpha value is -1.16. The van der Waals surface area contributed by atoms with Gasteiger partial charge < -0.3 is 4.74 Å². The highest BCUT2D eigenvalue weighted by atomic mass is 28.2. The standard InChI is InChI=1S/C10H13N2OSi/c1-8(2)13-10-6-4-3-5-9(10)7-11-12-14/h3-6,8H,7H2,1-2H3. The van der Waals surface area contributed by atoms with Gasteiger partial charge in [-0.1, -0.05) is 18.2 Å². The molecule has 0 spiro atoms. The van der Waals surface area contributed by atoms with Crippen LogP contribution in [0.5, 0.6) is 5.75 Å². The number of para-hydroxylation sites is 1. The van der Waals surface area contributed by atoms with Gasteiger partial charge in [-0.05, 0) is 19.9 Å². The molecule has 0 N–H and O–H groups in total. The molecule has 0 bridgehead atoms. The average Bonchev–Trinajstić information content (AvgIpc) is 2.16. The summed E-state index contributed by atoms with van der Waals surface area (Å²) in [6, 6.07) is 7.84. The highest BCUT2D eigenvalue weighted by Crippen LogP contribution is 2.20. The van der Waals surface area contributed by atoms with E-state index in [1.54, 1.807) is 0 Å². The SMILES string of the molecule is CC(C)Oc1ccccc1CN=N[Si]. The van der Waals surface area contributed by atoms with Crippen molar-refractivity contribution in [2.75, 3.05) is 0 Å². The predicted octanol–water partition coefficient (Wildman–Crippen LogP) is 2.51. The van der Waals surface area contributed by atoms with Crippen molar-refractivity contribution in [1.29, 1.82) is 0 Å². The molecule has 14 heavy (non-hydrogen) atoms. The van der Waals surface area contributed by atoms with E-state index in [0.29, 0.717) is 6.54 Å². The molecule has 0 fully saturated rings. The first-order chi connectivity index (χ1) is 6.74. The van der Waals surface area contributed by atoms with Crippen LogP contribution in [0.3, 0.4) is 0 Å². The van der Waals surface area contributed by atoms with Crippen LogP contribution in [0.15, 0.2) is 34.2 Å². The maximum absolute atomic E-state index is 5.62. The fourth-order valence-corrected chi connectivity index (χ4v) is 1.19. The molecule has 0 aliphatic rings. The van der Waals surface area contributed by atoms with Gasteiger partial charge in [0.05, 0.1) is 12.6 Å². The first kappa shape index (κ1) is 10.9. The van der Waals surface area contributed by atoms with Gasteiger partial charge in [-0.2, -0.15) is 0 Å². The van der Waals surface area contributed by atoms with Crippen molar-refractivity contribution < 1.29 is 4.74 Å². The molecule has 73 valence electrons. The fraction of sp³-hybridized carbons (Fsp3) is 0.400. The number of rotatable bonds is 4. The predicted molar refractivity (Wildman–Crippen MR) is 56.5 cm³/mol. The Morgan fingerprint density at radius 1 is 1.36 bits per heavy atom. The van der Waals surface area contributed by atoms with Gasteiger partial charge in [-0.3, -0.25) is 0 Å². The Kier molecular flexibility index (Phi) is 4.32. The van der Waals surface area contributed by atoms with Crippen LogP contribution in [0.1, 0.15) is 19.4 Å². The van der Waals surface area contributed by atoms with Crippen LogP contribution in [0.25, 0.3) is 0 Å². The van der Waals surface area contributed by atoms with Crippen LogP contribution in [0.2, 0.25) is 0 Å². The third-order valence-electron chi connectivity index (χ3n) is 1.65. The van der Waals surface area contributed by atoms with Crippen LogP contribution in [-0.2, 0) is 6.54 Å². The van der Waals surface area contributed by atoms with Crippen molar-refractivity contribution in [1.82, 2.24) is 0 Å². The topological polar surface area (TPSA) is 34.0 Å². The van der Waals surface area contributed by atoms with E-state index in [2.05, 4.69) is 20.3 Å². The lowest BCUT2D eigenvalue weighted by atomic mass is 10.2. The van der Waals surface area contributed by atoms with Crippen LogP contribution >= 0.6 is 0 Å². The van der Waals surface area contributed by atoms with Crippen LogP contribution in [0.4, 0.5) is 0 Å². The summed E-state index contributed by atoms with van der Waals surface area (Å²) < 4.78 is 9.15. The molecule has 0 unspecified atom stereocenters. The first-order valence-electron chi connectivity index (χ1n) is 4.52. The van der Waals surface area contributed by atoms with Crippen molar-refractivity contribution in [3.05, 3.63) is 29.8 Å². The zero-order valence-electron chi connectivity index (χ0n) is 8.40. The van der Waals surface area contributed by atoms with E-state index in [1.807, 2.05) is 38.1 Å². The van der Waals surface area contributed by atoms with E-state index < -0.39 is 0 Å². The number of ether oxygens (including phenoxy) is 1. The van der Waals surface area contributed by atoms with Crippen LogP contribution < -0.4 is 4.74 Å². The molecule has 0 saturated carbocycles. The second-order valence-corrected chi connectivity index (χ2v) is 3.37. The minimum absolute atomic E-state index is 0.177. The van der Waals surface area contributed by atoms with Crippen molar-refractivity contribution in [3.8, 4) is 5.75 Å². The van der Waals surface area contributed by atoms with Crippen molar-refractivity contribution in [3.63, 3.8) is 0 Å². The van der Waals surface area contributed by atoms with Gasteiger partial charge >= 0.3 is 0 Å². The second kappa shape index (κ2) is 5.54. The molecule has 0 aliphatic heterocycles. The van der Waals surface area contributed by atoms with Gasteiger partial charge in [0.2, 0.25) is 0 Å². The van der Waals surface area contributed by atoms with Gasteiger partial charge in [0, 0.05) is 5.56 Å². The number of hydrogen-bond acceptors (Lipinski definition) is 3. The summed E-state index contributed by atoms with van der Waals surface area (Å²) in [6.45, 7) is 4.54. The molecule has 3 nitrogen and oxygen atoms in total. The quantitative estimate of drug-likeness (QED) is 0.549. The van der Waals surface area contributed by atoms with Gasteiger partial charge in [-0.25, -0.2) is 9.89 Å². The molecule has 0 saturated heterocycles. The third-order valence-corrected chi connectivity index (χ3v) is 1.79. The lowest BCUT2D eigenvalue weighted by Crippen LogP contribution is -2.07. The highest BCUT2D eigenvalue weighted by Gasteiger charge is 2.03. The largest absolute Gasteiger partial charge is 0.491 e. The Labute approximate surface area is 87.7 Å². The summed E-state index contributed by atoms with van der Waals surface area (Å²) in [5.74, 6) is 0.876. The Balaban J connectivity index is 2.79. The zero-order valence-corrected chi connectivity index (χ0v) is 9.40. The van der Waals surface area contributed by atoms with E-state index >= 15 is 0 Å².